The number of amides is 2. The van der Waals surface area contributed by atoms with Gasteiger partial charge in [-0.3, -0.25) is 0 Å². The Bertz CT molecular complexity index is 696. The second-order valence-electron chi connectivity index (χ2n) is 6.94. The number of carbonyl (C=O) groups excluding carboxylic acids is 1. The molecule has 2 aromatic rings. The lowest BCUT2D eigenvalue weighted by Crippen LogP contribution is -2.44. The number of aromatic nitrogens is 2. The van der Waals surface area contributed by atoms with E-state index in [2.05, 4.69) is 24.1 Å². The molecule has 0 fully saturated rings. The van der Waals surface area contributed by atoms with Gasteiger partial charge in [-0.2, -0.15) is 0 Å². The number of nitrogens with zero attached hydrogens (tertiary/aromatic N) is 3. The number of hydrogen-bond acceptors (Lipinski definition) is 2. The zero-order chi connectivity index (χ0) is 18.4. The molecule has 0 saturated carbocycles. The first-order valence-corrected chi connectivity index (χ1v) is 9.03. The van der Waals surface area contributed by atoms with Crippen LogP contribution in [0.15, 0.2) is 36.7 Å². The van der Waals surface area contributed by atoms with Crippen LogP contribution in [0.3, 0.4) is 0 Å². The summed E-state index contributed by atoms with van der Waals surface area (Å²) in [6.45, 7) is 9.91. The van der Waals surface area contributed by atoms with Gasteiger partial charge in [-0.15, -0.1) is 0 Å². The van der Waals surface area contributed by atoms with Crippen molar-refractivity contribution >= 4 is 17.6 Å². The smallest absolute Gasteiger partial charge is 0.318 e. The number of imidazole rings is 1. The monoisotopic (exact) mass is 362 g/mol. The van der Waals surface area contributed by atoms with E-state index in [0.29, 0.717) is 25.6 Å². The van der Waals surface area contributed by atoms with E-state index in [1.54, 1.807) is 6.20 Å². The lowest BCUT2D eigenvalue weighted by Gasteiger charge is -2.26. The molecule has 136 valence electrons. The van der Waals surface area contributed by atoms with E-state index < -0.39 is 0 Å². The molecule has 1 heterocycles. The van der Waals surface area contributed by atoms with Gasteiger partial charge in [0.25, 0.3) is 0 Å². The molecule has 0 aliphatic heterocycles. The summed E-state index contributed by atoms with van der Waals surface area (Å²) in [6, 6.07) is 7.82. The van der Waals surface area contributed by atoms with Crippen LogP contribution in [0.2, 0.25) is 5.02 Å². The van der Waals surface area contributed by atoms with Crippen LogP contribution in [0, 0.1) is 5.92 Å². The summed E-state index contributed by atoms with van der Waals surface area (Å²) >= 11 is 6.27. The number of nitrogens with one attached hydrogen (secondary N) is 1. The summed E-state index contributed by atoms with van der Waals surface area (Å²) in [7, 11) is 0. The van der Waals surface area contributed by atoms with Crippen molar-refractivity contribution in [3.8, 4) is 0 Å². The Balaban J connectivity index is 2.15. The molecule has 0 unspecified atom stereocenters. The van der Waals surface area contributed by atoms with Gasteiger partial charge in [0.1, 0.15) is 5.82 Å². The van der Waals surface area contributed by atoms with Gasteiger partial charge in [-0.05, 0) is 31.4 Å². The molecule has 25 heavy (non-hydrogen) atoms. The Kier molecular flexibility index (Phi) is 6.88. The molecular formula is C19H27ClN4O. The van der Waals surface area contributed by atoms with Crippen LogP contribution in [-0.4, -0.2) is 33.1 Å². The lowest BCUT2D eigenvalue weighted by atomic mass is 10.2. The Morgan fingerprint density at radius 2 is 2.00 bits per heavy atom. The minimum absolute atomic E-state index is 0.0593. The first-order chi connectivity index (χ1) is 11.9. The van der Waals surface area contributed by atoms with Gasteiger partial charge in [0.05, 0.1) is 13.1 Å². The number of benzene rings is 1. The lowest BCUT2D eigenvalue weighted by molar-refractivity contribution is 0.183. The Labute approximate surface area is 155 Å². The molecule has 5 nitrogen and oxygen atoms in total. The van der Waals surface area contributed by atoms with Crippen molar-refractivity contribution in [3.63, 3.8) is 0 Å². The standard InChI is InChI=1S/C19H27ClN4O/c1-14(2)11-24(19(25)22-15(3)4)13-18-21-9-10-23(18)12-16-7-5-6-8-17(16)20/h5-10,14-15H,11-13H2,1-4H3,(H,22,25). The predicted octanol–water partition coefficient (Wildman–Crippen LogP) is 4.16. The van der Waals surface area contributed by atoms with Crippen LogP contribution in [-0.2, 0) is 13.1 Å². The van der Waals surface area contributed by atoms with Gasteiger partial charge < -0.3 is 14.8 Å². The van der Waals surface area contributed by atoms with Crippen molar-refractivity contribution in [2.24, 2.45) is 5.92 Å². The maximum atomic E-state index is 12.5. The van der Waals surface area contributed by atoms with Crippen LogP contribution in [0.5, 0.6) is 0 Å². The van der Waals surface area contributed by atoms with Gasteiger partial charge in [0.15, 0.2) is 0 Å². The van der Waals surface area contributed by atoms with Gasteiger partial charge in [0, 0.05) is 30.0 Å². The molecule has 1 N–H and O–H groups in total. The highest BCUT2D eigenvalue weighted by Gasteiger charge is 2.18. The number of carbonyl (C=O) groups is 1. The summed E-state index contributed by atoms with van der Waals surface area (Å²) in [6.07, 6.45) is 3.69. The molecule has 0 aliphatic rings. The van der Waals surface area contributed by atoms with E-state index in [1.165, 1.54) is 0 Å². The van der Waals surface area contributed by atoms with Crippen LogP contribution >= 0.6 is 11.6 Å². The van der Waals surface area contributed by atoms with Crippen LogP contribution in [0.1, 0.15) is 39.1 Å². The molecule has 2 amide bonds. The summed E-state index contributed by atoms with van der Waals surface area (Å²) in [5, 5.41) is 3.70. The van der Waals surface area contributed by atoms with Gasteiger partial charge >= 0.3 is 6.03 Å². The summed E-state index contributed by atoms with van der Waals surface area (Å²) in [4.78, 5) is 18.8. The van der Waals surface area contributed by atoms with Crippen molar-refractivity contribution < 1.29 is 4.79 Å². The van der Waals surface area contributed by atoms with E-state index in [0.717, 1.165) is 16.4 Å². The van der Waals surface area contributed by atoms with Gasteiger partial charge in [-0.1, -0.05) is 43.6 Å². The molecule has 0 saturated heterocycles. The predicted molar refractivity (Wildman–Crippen MR) is 102 cm³/mol. The number of rotatable bonds is 7. The van der Waals surface area contributed by atoms with Crippen LogP contribution in [0.25, 0.3) is 0 Å². The number of hydrogen-bond donors (Lipinski definition) is 1. The van der Waals surface area contributed by atoms with Crippen molar-refractivity contribution in [1.29, 1.82) is 0 Å². The van der Waals surface area contributed by atoms with Crippen molar-refractivity contribution in [1.82, 2.24) is 19.8 Å². The minimum Gasteiger partial charge on any atom is -0.336 e. The first kappa shape index (κ1) is 19.3. The summed E-state index contributed by atoms with van der Waals surface area (Å²) in [5.74, 6) is 1.23. The summed E-state index contributed by atoms with van der Waals surface area (Å²) in [5.41, 5.74) is 1.03. The molecule has 0 spiro atoms. The molecule has 1 aromatic heterocycles. The first-order valence-electron chi connectivity index (χ1n) is 8.65. The normalized spacial score (nSPS) is 11.2. The highest BCUT2D eigenvalue weighted by atomic mass is 35.5. The fourth-order valence-electron chi connectivity index (χ4n) is 2.61. The Morgan fingerprint density at radius 1 is 1.28 bits per heavy atom. The Hall–Kier alpha value is -2.01. The van der Waals surface area contributed by atoms with E-state index in [1.807, 2.05) is 53.8 Å². The topological polar surface area (TPSA) is 50.2 Å². The maximum Gasteiger partial charge on any atom is 0.318 e. The second kappa shape index (κ2) is 8.90. The molecule has 0 atom stereocenters. The third kappa shape index (κ3) is 5.78. The zero-order valence-corrected chi connectivity index (χ0v) is 16.1. The van der Waals surface area contributed by atoms with E-state index >= 15 is 0 Å². The maximum absolute atomic E-state index is 12.5. The molecule has 1 aromatic carbocycles. The fraction of sp³-hybridized carbons (Fsp3) is 0.474. The molecule has 0 bridgehead atoms. The fourth-order valence-corrected chi connectivity index (χ4v) is 2.81. The van der Waals surface area contributed by atoms with Gasteiger partial charge in [0.2, 0.25) is 0 Å². The van der Waals surface area contributed by atoms with E-state index in [4.69, 9.17) is 11.6 Å². The van der Waals surface area contributed by atoms with E-state index in [-0.39, 0.29) is 12.1 Å². The highest BCUT2D eigenvalue weighted by molar-refractivity contribution is 6.31. The van der Waals surface area contributed by atoms with Crippen LogP contribution < -0.4 is 5.32 Å². The highest BCUT2D eigenvalue weighted by Crippen LogP contribution is 2.17. The Morgan fingerprint density at radius 3 is 2.64 bits per heavy atom. The van der Waals surface area contributed by atoms with Crippen molar-refractivity contribution in [3.05, 3.63) is 53.1 Å². The van der Waals surface area contributed by atoms with Crippen molar-refractivity contribution in [2.45, 2.75) is 46.8 Å². The zero-order valence-electron chi connectivity index (χ0n) is 15.4. The molecule has 0 aliphatic carbocycles. The molecule has 6 heteroatoms. The average molecular weight is 363 g/mol. The third-order valence-corrected chi connectivity index (χ3v) is 4.09. The van der Waals surface area contributed by atoms with E-state index in [9.17, 15) is 4.79 Å². The summed E-state index contributed by atoms with van der Waals surface area (Å²) < 4.78 is 2.04. The van der Waals surface area contributed by atoms with Crippen molar-refractivity contribution in [2.75, 3.05) is 6.54 Å². The average Bonchev–Trinajstić information content (AvgIpc) is 2.95. The quantitative estimate of drug-likeness (QED) is 0.803. The van der Waals surface area contributed by atoms with Gasteiger partial charge in [-0.25, -0.2) is 9.78 Å². The molecule has 2 rings (SSSR count). The third-order valence-electron chi connectivity index (χ3n) is 3.72. The number of urea groups is 1. The SMILES string of the molecule is CC(C)CN(Cc1nccn1Cc1ccccc1Cl)C(=O)NC(C)C. The number of halogens is 1. The minimum atomic E-state index is -0.0593. The molecular weight excluding hydrogens is 336 g/mol. The molecule has 0 radical (unpaired) electrons. The van der Waals surface area contributed by atoms with Crippen LogP contribution in [0.4, 0.5) is 4.79 Å². The second-order valence-corrected chi connectivity index (χ2v) is 7.35. The largest absolute Gasteiger partial charge is 0.336 e.